The lowest BCUT2D eigenvalue weighted by molar-refractivity contribution is -0.153. The van der Waals surface area contributed by atoms with Gasteiger partial charge in [0.1, 0.15) is 6.07 Å². The number of rotatable bonds is 7. The minimum Gasteiger partial charge on any atom is -0.453 e. The molecule has 1 aliphatic heterocycles. The van der Waals surface area contributed by atoms with Crippen LogP contribution in [0.15, 0.2) is 48.5 Å². The van der Waals surface area contributed by atoms with Gasteiger partial charge in [-0.1, -0.05) is 24.3 Å². The molecule has 1 N–H and O–H groups in total. The van der Waals surface area contributed by atoms with Crippen LogP contribution in [0.2, 0.25) is 0 Å². The Hall–Kier alpha value is -3.99. The van der Waals surface area contributed by atoms with Crippen LogP contribution in [-0.4, -0.2) is 41.2 Å². The van der Waals surface area contributed by atoms with Crippen LogP contribution >= 0.6 is 0 Å². The molecule has 0 aromatic heterocycles. The molecule has 0 bridgehead atoms. The molecule has 0 saturated carbocycles. The van der Waals surface area contributed by atoms with Crippen LogP contribution in [0, 0.1) is 11.3 Å². The third-order valence-electron chi connectivity index (χ3n) is 4.62. The Morgan fingerprint density at radius 2 is 1.67 bits per heavy atom. The van der Waals surface area contributed by atoms with Crippen molar-refractivity contribution in [3.63, 3.8) is 0 Å². The quantitative estimate of drug-likeness (QED) is 0.559. The van der Waals surface area contributed by atoms with E-state index in [1.807, 2.05) is 6.07 Å². The molecule has 0 unspecified atom stereocenters. The Morgan fingerprint density at radius 3 is 2.30 bits per heavy atom. The summed E-state index contributed by atoms with van der Waals surface area (Å²) in [5, 5.41) is 11.6. The van der Waals surface area contributed by atoms with Gasteiger partial charge in [0.15, 0.2) is 6.10 Å². The Morgan fingerprint density at radius 1 is 1.07 bits per heavy atom. The van der Waals surface area contributed by atoms with Gasteiger partial charge in [0.25, 0.3) is 17.7 Å². The first-order chi connectivity index (χ1) is 14.4. The summed E-state index contributed by atoms with van der Waals surface area (Å²) >= 11 is 0. The zero-order chi connectivity index (χ0) is 21.7. The van der Waals surface area contributed by atoms with E-state index in [-0.39, 0.29) is 31.2 Å². The molecule has 0 radical (unpaired) electrons. The first kappa shape index (κ1) is 20.7. The highest BCUT2D eigenvalue weighted by molar-refractivity contribution is 6.21. The van der Waals surface area contributed by atoms with E-state index in [0.29, 0.717) is 22.4 Å². The number of esters is 1. The maximum absolute atomic E-state index is 12.3. The Bertz CT molecular complexity index is 1020. The summed E-state index contributed by atoms with van der Waals surface area (Å²) in [6.07, 6.45) is -0.904. The van der Waals surface area contributed by atoms with Gasteiger partial charge < -0.3 is 10.1 Å². The lowest BCUT2D eigenvalue weighted by Crippen LogP contribution is -2.32. The highest BCUT2D eigenvalue weighted by atomic mass is 16.5. The lowest BCUT2D eigenvalue weighted by Gasteiger charge is -2.15. The van der Waals surface area contributed by atoms with Crippen molar-refractivity contribution in [2.24, 2.45) is 0 Å². The summed E-state index contributed by atoms with van der Waals surface area (Å²) in [7, 11) is 0. The van der Waals surface area contributed by atoms with Crippen LogP contribution in [0.4, 0.5) is 5.69 Å². The number of nitriles is 1. The van der Waals surface area contributed by atoms with E-state index >= 15 is 0 Å². The van der Waals surface area contributed by atoms with Gasteiger partial charge in [0.05, 0.1) is 22.4 Å². The highest BCUT2D eigenvalue weighted by Crippen LogP contribution is 2.22. The number of fused-ring (bicyclic) bond motifs is 1. The summed E-state index contributed by atoms with van der Waals surface area (Å²) in [5.74, 6) is -1.95. The topological polar surface area (TPSA) is 117 Å². The number of benzene rings is 2. The third kappa shape index (κ3) is 4.36. The average Bonchev–Trinajstić information content (AvgIpc) is 2.99. The van der Waals surface area contributed by atoms with Gasteiger partial charge in [-0.2, -0.15) is 5.26 Å². The van der Waals surface area contributed by atoms with Gasteiger partial charge in [-0.25, -0.2) is 0 Å². The number of hydrogen-bond acceptors (Lipinski definition) is 6. The summed E-state index contributed by atoms with van der Waals surface area (Å²) in [6.45, 7) is 1.50. The molecular formula is C22H19N3O5. The second-order valence-electron chi connectivity index (χ2n) is 6.69. The molecule has 0 saturated heterocycles. The number of para-hydroxylation sites is 1. The fraction of sp³-hybridized carbons (Fsp3) is 0.227. The molecule has 0 aliphatic carbocycles. The molecule has 3 amide bonds. The number of carbonyl (C=O) groups is 4. The van der Waals surface area contributed by atoms with Crippen LogP contribution in [-0.2, 0) is 14.3 Å². The van der Waals surface area contributed by atoms with Crippen molar-refractivity contribution in [1.82, 2.24) is 4.90 Å². The largest absolute Gasteiger partial charge is 0.453 e. The van der Waals surface area contributed by atoms with Crippen LogP contribution in [0.1, 0.15) is 46.0 Å². The van der Waals surface area contributed by atoms with E-state index in [4.69, 9.17) is 10.00 Å². The monoisotopic (exact) mass is 405 g/mol. The molecule has 3 rings (SSSR count). The number of anilines is 1. The molecule has 30 heavy (non-hydrogen) atoms. The van der Waals surface area contributed by atoms with E-state index in [1.165, 1.54) is 6.92 Å². The fourth-order valence-corrected chi connectivity index (χ4v) is 3.06. The number of imide groups is 1. The normalized spacial score (nSPS) is 13.4. The van der Waals surface area contributed by atoms with Gasteiger partial charge in [-0.05, 0) is 37.6 Å². The summed E-state index contributed by atoms with van der Waals surface area (Å²) < 4.78 is 5.12. The Labute approximate surface area is 173 Å². The molecule has 1 heterocycles. The average molecular weight is 405 g/mol. The minimum absolute atomic E-state index is 0.0557. The zero-order valence-electron chi connectivity index (χ0n) is 16.3. The standard InChI is InChI=1S/C22H19N3O5/c1-14(20(27)24-18-10-5-2-7-15(18)13-23)30-19(26)11-6-12-25-21(28)16-8-3-4-9-17(16)22(25)29/h2-5,7-10,14H,6,11-12H2,1H3,(H,24,27)/t14-/m1/s1. The smallest absolute Gasteiger partial charge is 0.306 e. The molecule has 2 aromatic carbocycles. The number of hydrogen-bond donors (Lipinski definition) is 1. The fourth-order valence-electron chi connectivity index (χ4n) is 3.06. The molecule has 152 valence electrons. The van der Waals surface area contributed by atoms with Gasteiger partial charge in [0, 0.05) is 13.0 Å². The summed E-state index contributed by atoms with van der Waals surface area (Å²) in [4.78, 5) is 49.9. The Balaban J connectivity index is 1.47. The summed E-state index contributed by atoms with van der Waals surface area (Å²) in [5.41, 5.74) is 1.34. The zero-order valence-corrected chi connectivity index (χ0v) is 16.3. The maximum atomic E-state index is 12.3. The molecule has 8 heteroatoms. The molecule has 1 aliphatic rings. The van der Waals surface area contributed by atoms with Gasteiger partial charge in [0.2, 0.25) is 0 Å². The highest BCUT2D eigenvalue weighted by Gasteiger charge is 2.34. The first-order valence-electron chi connectivity index (χ1n) is 9.37. The number of nitrogens with one attached hydrogen (secondary N) is 1. The third-order valence-corrected chi connectivity index (χ3v) is 4.62. The van der Waals surface area contributed by atoms with Crippen molar-refractivity contribution < 1.29 is 23.9 Å². The van der Waals surface area contributed by atoms with E-state index in [2.05, 4.69) is 5.32 Å². The van der Waals surface area contributed by atoms with Crippen LogP contribution in [0.3, 0.4) is 0 Å². The number of amides is 3. The minimum atomic E-state index is -1.07. The van der Waals surface area contributed by atoms with Crippen molar-refractivity contribution in [1.29, 1.82) is 5.26 Å². The molecular weight excluding hydrogens is 386 g/mol. The van der Waals surface area contributed by atoms with Gasteiger partial charge in [-0.3, -0.25) is 24.1 Å². The molecule has 0 spiro atoms. The van der Waals surface area contributed by atoms with Gasteiger partial charge in [-0.15, -0.1) is 0 Å². The van der Waals surface area contributed by atoms with Crippen molar-refractivity contribution >= 4 is 29.4 Å². The van der Waals surface area contributed by atoms with E-state index in [0.717, 1.165) is 4.90 Å². The Kier molecular flexibility index (Phi) is 6.23. The van der Waals surface area contributed by atoms with Crippen LogP contribution < -0.4 is 5.32 Å². The number of ether oxygens (including phenoxy) is 1. The molecule has 0 fully saturated rings. The van der Waals surface area contributed by atoms with Crippen molar-refractivity contribution in [3.05, 3.63) is 65.2 Å². The van der Waals surface area contributed by atoms with Crippen LogP contribution in [0.25, 0.3) is 0 Å². The number of carbonyl (C=O) groups excluding carboxylic acids is 4. The van der Waals surface area contributed by atoms with E-state index < -0.39 is 18.0 Å². The second-order valence-corrected chi connectivity index (χ2v) is 6.69. The maximum Gasteiger partial charge on any atom is 0.306 e. The lowest BCUT2D eigenvalue weighted by atomic mass is 10.1. The van der Waals surface area contributed by atoms with Crippen molar-refractivity contribution in [3.8, 4) is 6.07 Å². The van der Waals surface area contributed by atoms with E-state index in [1.54, 1.807) is 48.5 Å². The van der Waals surface area contributed by atoms with Gasteiger partial charge >= 0.3 is 5.97 Å². The predicted octanol–water partition coefficient (Wildman–Crippen LogP) is 2.50. The molecule has 8 nitrogen and oxygen atoms in total. The predicted molar refractivity (Wildman–Crippen MR) is 106 cm³/mol. The molecule has 1 atom stereocenters. The first-order valence-corrected chi connectivity index (χ1v) is 9.37. The van der Waals surface area contributed by atoms with Crippen LogP contribution in [0.5, 0.6) is 0 Å². The second kappa shape index (κ2) is 9.01. The summed E-state index contributed by atoms with van der Waals surface area (Å²) in [6, 6.07) is 15.0. The van der Waals surface area contributed by atoms with Crippen molar-refractivity contribution in [2.45, 2.75) is 25.9 Å². The molecule has 2 aromatic rings. The van der Waals surface area contributed by atoms with Crippen molar-refractivity contribution in [2.75, 3.05) is 11.9 Å². The number of nitrogens with zero attached hydrogens (tertiary/aromatic N) is 2. The SMILES string of the molecule is C[C@@H](OC(=O)CCCN1C(=O)c2ccccc2C1=O)C(=O)Nc1ccccc1C#N. The van der Waals surface area contributed by atoms with E-state index in [9.17, 15) is 19.2 Å².